The van der Waals surface area contributed by atoms with Gasteiger partial charge in [-0.2, -0.15) is 13.2 Å². The summed E-state index contributed by atoms with van der Waals surface area (Å²) < 4.78 is 43.0. The number of hydrogen-bond acceptors (Lipinski definition) is 4. The number of nitrogens with one attached hydrogen (secondary N) is 2. The van der Waals surface area contributed by atoms with E-state index in [4.69, 9.17) is 16.3 Å². The molecule has 0 aliphatic carbocycles. The maximum absolute atomic E-state index is 13.4. The van der Waals surface area contributed by atoms with Crippen molar-refractivity contribution in [3.63, 3.8) is 0 Å². The van der Waals surface area contributed by atoms with E-state index in [0.717, 1.165) is 4.90 Å². The molecule has 2 atom stereocenters. The van der Waals surface area contributed by atoms with E-state index in [9.17, 15) is 27.6 Å². The first kappa shape index (κ1) is 25.8. The maximum Gasteiger partial charge on any atom is 0.408 e. The molecule has 11 heteroatoms. The van der Waals surface area contributed by atoms with E-state index in [1.165, 1.54) is 12.1 Å². The topological polar surface area (TPSA) is 87.7 Å². The van der Waals surface area contributed by atoms with E-state index in [-0.39, 0.29) is 12.8 Å². The van der Waals surface area contributed by atoms with Crippen molar-refractivity contribution in [2.24, 2.45) is 0 Å². The van der Waals surface area contributed by atoms with Gasteiger partial charge in [0.05, 0.1) is 0 Å². The number of amides is 3. The van der Waals surface area contributed by atoms with E-state index in [1.54, 1.807) is 26.8 Å². The third-order valence-electron chi connectivity index (χ3n) is 4.60. The number of carbonyl (C=O) groups is 3. The van der Waals surface area contributed by atoms with Crippen molar-refractivity contribution in [1.82, 2.24) is 10.6 Å². The smallest absolute Gasteiger partial charge is 0.408 e. The SMILES string of the molecule is CCC[C@H](NC(=O)OC(C)(C)C)C(=O)N1c2ccc(Cl)cc2C[C@@H]1C(=O)NCC(F)(F)F. The minimum Gasteiger partial charge on any atom is -0.444 e. The van der Waals surface area contributed by atoms with E-state index in [0.29, 0.717) is 22.7 Å². The molecule has 0 spiro atoms. The standard InChI is InChI=1S/C21H27ClF3N3O4/c1-5-6-14(27-19(31)32-20(2,3)4)18(30)28-15-8-7-13(22)9-12(15)10-16(28)17(29)26-11-21(23,24)25/h7-9,14,16H,5-6,10-11H2,1-4H3,(H,26,29)(H,27,31)/t14-,16+/m0/s1. The normalized spacial score (nSPS) is 16.9. The number of halogens is 4. The lowest BCUT2D eigenvalue weighted by Gasteiger charge is -2.30. The van der Waals surface area contributed by atoms with Crippen LogP contribution in [0.3, 0.4) is 0 Å². The molecule has 3 amide bonds. The molecule has 0 unspecified atom stereocenters. The Morgan fingerprint density at radius 2 is 1.91 bits per heavy atom. The molecule has 32 heavy (non-hydrogen) atoms. The second kappa shape index (κ2) is 9.97. The Morgan fingerprint density at radius 3 is 2.47 bits per heavy atom. The summed E-state index contributed by atoms with van der Waals surface area (Å²) in [6, 6.07) is 2.37. The second-order valence-corrected chi connectivity index (χ2v) is 8.96. The summed E-state index contributed by atoms with van der Waals surface area (Å²) in [5.41, 5.74) is 0.116. The number of anilines is 1. The van der Waals surface area contributed by atoms with Crippen LogP contribution >= 0.6 is 11.6 Å². The van der Waals surface area contributed by atoms with Gasteiger partial charge in [0.2, 0.25) is 11.8 Å². The summed E-state index contributed by atoms with van der Waals surface area (Å²) in [5, 5.41) is 4.72. The van der Waals surface area contributed by atoms with Crippen molar-refractivity contribution in [3.05, 3.63) is 28.8 Å². The Kier molecular flexibility index (Phi) is 8.03. The largest absolute Gasteiger partial charge is 0.444 e. The van der Waals surface area contributed by atoms with E-state index in [2.05, 4.69) is 5.32 Å². The van der Waals surface area contributed by atoms with Crippen LogP contribution in [-0.4, -0.2) is 48.3 Å². The van der Waals surface area contributed by atoms with Crippen molar-refractivity contribution in [1.29, 1.82) is 0 Å². The number of fused-ring (bicyclic) bond motifs is 1. The van der Waals surface area contributed by atoms with Gasteiger partial charge < -0.3 is 15.4 Å². The molecule has 1 aromatic rings. The Morgan fingerprint density at radius 1 is 1.25 bits per heavy atom. The first-order valence-electron chi connectivity index (χ1n) is 10.2. The second-order valence-electron chi connectivity index (χ2n) is 8.52. The van der Waals surface area contributed by atoms with Gasteiger partial charge in [-0.25, -0.2) is 4.79 Å². The van der Waals surface area contributed by atoms with Crippen LogP contribution in [0.1, 0.15) is 46.1 Å². The van der Waals surface area contributed by atoms with Crippen LogP contribution < -0.4 is 15.5 Å². The lowest BCUT2D eigenvalue weighted by Crippen LogP contribution is -2.56. The van der Waals surface area contributed by atoms with Crippen LogP contribution in [0.25, 0.3) is 0 Å². The molecule has 7 nitrogen and oxygen atoms in total. The molecule has 0 bridgehead atoms. The van der Waals surface area contributed by atoms with Crippen molar-refractivity contribution in [2.45, 2.75) is 70.8 Å². The maximum atomic E-state index is 13.4. The number of nitrogens with zero attached hydrogens (tertiary/aromatic N) is 1. The lowest BCUT2D eigenvalue weighted by molar-refractivity contribution is -0.139. The van der Waals surface area contributed by atoms with Gasteiger partial charge in [-0.1, -0.05) is 24.9 Å². The molecule has 0 radical (unpaired) electrons. The molecule has 2 N–H and O–H groups in total. The summed E-state index contributed by atoms with van der Waals surface area (Å²) in [7, 11) is 0. The summed E-state index contributed by atoms with van der Waals surface area (Å²) in [6.07, 6.45) is -4.64. The highest BCUT2D eigenvalue weighted by Gasteiger charge is 2.42. The Hall–Kier alpha value is -2.49. The predicted molar refractivity (Wildman–Crippen MR) is 114 cm³/mol. The third-order valence-corrected chi connectivity index (χ3v) is 4.83. The van der Waals surface area contributed by atoms with Crippen LogP contribution in [0.4, 0.5) is 23.7 Å². The molecule has 0 saturated heterocycles. The van der Waals surface area contributed by atoms with Gasteiger partial charge in [-0.15, -0.1) is 0 Å². The summed E-state index contributed by atoms with van der Waals surface area (Å²) in [4.78, 5) is 39.4. The van der Waals surface area contributed by atoms with Gasteiger partial charge in [0.25, 0.3) is 0 Å². The molecule has 0 aromatic heterocycles. The number of benzene rings is 1. The lowest BCUT2D eigenvalue weighted by atomic mass is 10.1. The Bertz CT molecular complexity index is 871. The van der Waals surface area contributed by atoms with Gasteiger partial charge >= 0.3 is 12.3 Å². The molecule has 2 rings (SSSR count). The molecule has 1 aromatic carbocycles. The molecular weight excluding hydrogens is 451 g/mol. The highest BCUT2D eigenvalue weighted by molar-refractivity contribution is 6.30. The summed E-state index contributed by atoms with van der Waals surface area (Å²) in [6.45, 7) is 5.30. The Balaban J connectivity index is 2.32. The summed E-state index contributed by atoms with van der Waals surface area (Å²) >= 11 is 6.02. The van der Waals surface area contributed by atoms with Crippen LogP contribution in [-0.2, 0) is 20.7 Å². The van der Waals surface area contributed by atoms with Gasteiger partial charge in [0.15, 0.2) is 0 Å². The van der Waals surface area contributed by atoms with Crippen molar-refractivity contribution < 1.29 is 32.3 Å². The first-order valence-corrected chi connectivity index (χ1v) is 10.5. The zero-order valence-corrected chi connectivity index (χ0v) is 19.1. The molecule has 1 heterocycles. The average Bonchev–Trinajstić information content (AvgIpc) is 3.01. The highest BCUT2D eigenvalue weighted by atomic mass is 35.5. The van der Waals surface area contributed by atoms with E-state index in [1.807, 2.05) is 12.2 Å². The van der Waals surface area contributed by atoms with E-state index < -0.39 is 48.3 Å². The number of hydrogen-bond donors (Lipinski definition) is 2. The number of carbonyl (C=O) groups excluding carboxylic acids is 3. The highest BCUT2D eigenvalue weighted by Crippen LogP contribution is 2.35. The number of rotatable bonds is 6. The fourth-order valence-electron chi connectivity index (χ4n) is 3.37. The predicted octanol–water partition coefficient (Wildman–Crippen LogP) is 3.97. The van der Waals surface area contributed by atoms with Gasteiger partial charge in [-0.05, 0) is 51.0 Å². The van der Waals surface area contributed by atoms with Crippen molar-refractivity contribution in [3.8, 4) is 0 Å². The molecular formula is C21H27ClF3N3O4. The van der Waals surface area contributed by atoms with Crippen molar-refractivity contribution in [2.75, 3.05) is 11.4 Å². The zero-order valence-electron chi connectivity index (χ0n) is 18.3. The summed E-state index contributed by atoms with van der Waals surface area (Å²) in [5.74, 6) is -1.57. The van der Waals surface area contributed by atoms with E-state index >= 15 is 0 Å². The number of ether oxygens (including phenoxy) is 1. The third kappa shape index (κ3) is 7.01. The quantitative estimate of drug-likeness (QED) is 0.649. The Labute approximate surface area is 189 Å². The zero-order chi connectivity index (χ0) is 24.3. The van der Waals surface area contributed by atoms with Crippen LogP contribution in [0.5, 0.6) is 0 Å². The van der Waals surface area contributed by atoms with Crippen LogP contribution in [0, 0.1) is 0 Å². The minimum absolute atomic E-state index is 0.00337. The number of alkyl carbamates (subject to hydrolysis) is 1. The minimum atomic E-state index is -4.59. The molecule has 178 valence electrons. The number of alkyl halides is 3. The average molecular weight is 478 g/mol. The molecule has 1 aliphatic rings. The van der Waals surface area contributed by atoms with Crippen molar-refractivity contribution >= 4 is 35.2 Å². The molecule has 0 saturated carbocycles. The molecule has 1 aliphatic heterocycles. The van der Waals surface area contributed by atoms with Gasteiger partial charge in [0.1, 0.15) is 24.2 Å². The van der Waals surface area contributed by atoms with Crippen LogP contribution in [0.2, 0.25) is 5.02 Å². The fourth-order valence-corrected chi connectivity index (χ4v) is 3.57. The fraction of sp³-hybridized carbons (Fsp3) is 0.571. The monoisotopic (exact) mass is 477 g/mol. The van der Waals surface area contributed by atoms with Crippen LogP contribution in [0.15, 0.2) is 18.2 Å². The van der Waals surface area contributed by atoms with Gasteiger partial charge in [0, 0.05) is 17.1 Å². The first-order chi connectivity index (χ1) is 14.7. The molecule has 0 fully saturated rings. The van der Waals surface area contributed by atoms with Gasteiger partial charge in [-0.3, -0.25) is 14.5 Å².